The van der Waals surface area contributed by atoms with Crippen molar-refractivity contribution in [1.82, 2.24) is 0 Å². The van der Waals surface area contributed by atoms with Crippen LogP contribution in [0.25, 0.3) is 16.6 Å². The summed E-state index contributed by atoms with van der Waals surface area (Å²) in [5, 5.41) is 0. The van der Waals surface area contributed by atoms with Crippen LogP contribution in [0, 0.1) is 0 Å². The minimum Gasteiger partial charge on any atom is -0.0985 e. The Labute approximate surface area is 132 Å². The largest absolute Gasteiger partial charge is 0.115 e. The molecule has 0 atom stereocenters. The van der Waals surface area contributed by atoms with Gasteiger partial charge in [-0.05, 0) is 51.0 Å². The Morgan fingerprint density at radius 3 is 2.27 bits per heavy atom. The Balaban J connectivity index is 2.07. The molecule has 0 fully saturated rings. The molecule has 102 valence electrons. The van der Waals surface area contributed by atoms with Gasteiger partial charge in [-0.3, -0.25) is 0 Å². The van der Waals surface area contributed by atoms with Crippen molar-refractivity contribution < 1.29 is 0 Å². The van der Waals surface area contributed by atoms with Gasteiger partial charge in [0.25, 0.3) is 0 Å². The molecule has 0 saturated carbocycles. The van der Waals surface area contributed by atoms with Gasteiger partial charge < -0.3 is 0 Å². The van der Waals surface area contributed by atoms with Crippen LogP contribution < -0.4 is 0 Å². The van der Waals surface area contributed by atoms with E-state index in [0.717, 1.165) is 34.2 Å². The highest BCUT2D eigenvalue weighted by Crippen LogP contribution is 2.48. The third kappa shape index (κ3) is 1.66. The lowest BCUT2D eigenvalue weighted by atomic mass is 9.80. The molecule has 0 saturated heterocycles. The van der Waals surface area contributed by atoms with Crippen LogP contribution in [0.1, 0.15) is 22.3 Å². The van der Waals surface area contributed by atoms with Crippen molar-refractivity contribution in [3.63, 3.8) is 0 Å². The summed E-state index contributed by atoms with van der Waals surface area (Å²) in [6.07, 6.45) is 2.74. The second-order valence-electron chi connectivity index (χ2n) is 5.74. The van der Waals surface area contributed by atoms with Crippen LogP contribution in [0.5, 0.6) is 0 Å². The summed E-state index contributed by atoms with van der Waals surface area (Å²) >= 11 is 0. The van der Waals surface area contributed by atoms with E-state index < -0.39 is 0 Å². The fourth-order valence-electron chi connectivity index (χ4n) is 3.59. The number of hydrogen-bond donors (Lipinski definition) is 0. The highest BCUT2D eigenvalue weighted by molar-refractivity contribution is 6.44. The Hall–Kier alpha value is -2.54. The average molecular weight is 278 g/mol. The Kier molecular flexibility index (Phi) is 2.83. The van der Waals surface area contributed by atoms with Crippen molar-refractivity contribution in [2.75, 3.05) is 0 Å². The van der Waals surface area contributed by atoms with Gasteiger partial charge in [-0.25, -0.2) is 0 Å². The summed E-state index contributed by atoms with van der Waals surface area (Å²) in [6.45, 7) is 8.32. The molecule has 22 heavy (non-hydrogen) atoms. The first-order valence-electron chi connectivity index (χ1n) is 7.45. The molecule has 0 N–H and O–H groups in total. The second-order valence-corrected chi connectivity index (χ2v) is 5.74. The molecule has 0 amide bonds. The maximum Gasteiger partial charge on any atom is 0.115 e. The lowest BCUT2D eigenvalue weighted by Gasteiger charge is -2.13. The van der Waals surface area contributed by atoms with Gasteiger partial charge in [-0.1, -0.05) is 73.2 Å². The number of fused-ring (bicyclic) bond motifs is 3. The standard InChI is InChI=1S/C21H15B/c1-3-15-20-13(2)16-9-6-7-11-18(16)19(20)12-14-8-4-5-10-17(14)21(15)22/h3-11H,1-2,12H2. The first kappa shape index (κ1) is 13.2. The monoisotopic (exact) mass is 278 g/mol. The molecule has 2 radical (unpaired) electrons. The van der Waals surface area contributed by atoms with E-state index in [4.69, 9.17) is 7.85 Å². The lowest BCUT2D eigenvalue weighted by Crippen LogP contribution is -1.95. The summed E-state index contributed by atoms with van der Waals surface area (Å²) in [7, 11) is 6.49. The van der Waals surface area contributed by atoms with E-state index in [1.165, 1.54) is 22.3 Å². The van der Waals surface area contributed by atoms with E-state index in [1.54, 1.807) is 0 Å². The molecule has 0 nitrogen and oxygen atoms in total. The van der Waals surface area contributed by atoms with Crippen LogP contribution in [0.4, 0.5) is 0 Å². The molecular weight excluding hydrogens is 263 g/mol. The first-order valence-corrected chi connectivity index (χ1v) is 7.45. The van der Waals surface area contributed by atoms with Crippen LogP contribution in [0.2, 0.25) is 0 Å². The van der Waals surface area contributed by atoms with E-state index in [9.17, 15) is 0 Å². The van der Waals surface area contributed by atoms with E-state index >= 15 is 0 Å². The first-order chi connectivity index (χ1) is 10.7. The fraction of sp³-hybridized carbons (Fsp3) is 0.0476. The minimum atomic E-state index is 0.796. The van der Waals surface area contributed by atoms with Crippen LogP contribution >= 0.6 is 0 Å². The highest BCUT2D eigenvalue weighted by Gasteiger charge is 2.29. The van der Waals surface area contributed by atoms with Crippen molar-refractivity contribution in [2.45, 2.75) is 6.42 Å². The van der Waals surface area contributed by atoms with Gasteiger partial charge >= 0.3 is 0 Å². The average Bonchev–Trinajstić information content (AvgIpc) is 2.75. The smallest absolute Gasteiger partial charge is 0.0985 e. The van der Waals surface area contributed by atoms with Gasteiger partial charge in [0.05, 0.1) is 0 Å². The van der Waals surface area contributed by atoms with E-state index in [2.05, 4.69) is 55.6 Å². The molecule has 0 unspecified atom stereocenters. The van der Waals surface area contributed by atoms with E-state index in [0.29, 0.717) is 0 Å². The SMILES string of the molecule is [B]C1=C(C=C)C2=C(Cc3ccccc31)c1ccccc1C2=C. The predicted octanol–water partition coefficient (Wildman–Crippen LogP) is 4.79. The third-order valence-electron chi connectivity index (χ3n) is 4.62. The predicted molar refractivity (Wildman–Crippen MR) is 95.4 cm³/mol. The van der Waals surface area contributed by atoms with Crippen molar-refractivity contribution in [2.24, 2.45) is 0 Å². The normalized spacial score (nSPS) is 16.1. The summed E-state index contributed by atoms with van der Waals surface area (Å²) in [5.41, 5.74) is 10.2. The number of hydrogen-bond acceptors (Lipinski definition) is 0. The molecule has 2 aliphatic carbocycles. The molecule has 2 aromatic rings. The molecule has 2 aromatic carbocycles. The molecule has 4 rings (SSSR count). The van der Waals surface area contributed by atoms with Gasteiger partial charge in [0.2, 0.25) is 0 Å². The third-order valence-corrected chi connectivity index (χ3v) is 4.62. The Morgan fingerprint density at radius 1 is 0.909 bits per heavy atom. The molecular formula is C21H15B. The zero-order valence-electron chi connectivity index (χ0n) is 12.4. The molecule has 1 heteroatoms. The van der Waals surface area contributed by atoms with Crippen molar-refractivity contribution in [1.29, 1.82) is 0 Å². The molecule has 0 aliphatic heterocycles. The zero-order valence-corrected chi connectivity index (χ0v) is 12.4. The van der Waals surface area contributed by atoms with Crippen molar-refractivity contribution in [3.05, 3.63) is 101 Å². The van der Waals surface area contributed by atoms with Gasteiger partial charge in [-0.2, -0.15) is 0 Å². The maximum absolute atomic E-state index is 6.49. The van der Waals surface area contributed by atoms with E-state index in [-0.39, 0.29) is 0 Å². The van der Waals surface area contributed by atoms with Crippen molar-refractivity contribution >= 4 is 24.5 Å². The quantitative estimate of drug-likeness (QED) is 0.658. The second kappa shape index (κ2) is 4.74. The maximum atomic E-state index is 6.49. The zero-order chi connectivity index (χ0) is 15.3. The Bertz CT molecular complexity index is 894. The van der Waals surface area contributed by atoms with E-state index in [1.807, 2.05) is 12.1 Å². The number of rotatable bonds is 1. The van der Waals surface area contributed by atoms with Crippen LogP contribution in [0.3, 0.4) is 0 Å². The van der Waals surface area contributed by atoms with Crippen LogP contribution in [-0.4, -0.2) is 7.85 Å². The van der Waals surface area contributed by atoms with Gasteiger partial charge in [0.1, 0.15) is 7.85 Å². The Morgan fingerprint density at radius 2 is 1.55 bits per heavy atom. The fourth-order valence-corrected chi connectivity index (χ4v) is 3.59. The molecule has 0 aromatic heterocycles. The van der Waals surface area contributed by atoms with Gasteiger partial charge in [0.15, 0.2) is 0 Å². The van der Waals surface area contributed by atoms with Crippen LogP contribution in [0.15, 0.2) is 78.9 Å². The van der Waals surface area contributed by atoms with Gasteiger partial charge in [0, 0.05) is 0 Å². The summed E-state index contributed by atoms with van der Waals surface area (Å²) in [4.78, 5) is 0. The molecule has 2 aliphatic rings. The summed E-state index contributed by atoms with van der Waals surface area (Å²) < 4.78 is 0. The summed E-state index contributed by atoms with van der Waals surface area (Å²) in [6, 6.07) is 16.8. The number of benzene rings is 2. The van der Waals surface area contributed by atoms with Crippen LogP contribution in [-0.2, 0) is 6.42 Å². The lowest BCUT2D eigenvalue weighted by molar-refractivity contribution is 1.27. The van der Waals surface area contributed by atoms with Gasteiger partial charge in [-0.15, -0.1) is 0 Å². The molecule has 0 heterocycles. The topological polar surface area (TPSA) is 0 Å². The summed E-state index contributed by atoms with van der Waals surface area (Å²) in [5.74, 6) is 0. The number of allylic oxidation sites excluding steroid dienone is 5. The highest BCUT2D eigenvalue weighted by atomic mass is 14.3. The minimum absolute atomic E-state index is 0.796. The molecule has 0 bridgehead atoms. The molecule has 0 spiro atoms. The van der Waals surface area contributed by atoms with Crippen molar-refractivity contribution in [3.8, 4) is 0 Å².